The number of halogens is 1. The maximum atomic E-state index is 13.5. The average Bonchev–Trinajstić information content (AvgIpc) is 2.30. The lowest BCUT2D eigenvalue weighted by molar-refractivity contribution is -0.140. The number of carboxylic acid groups (broad SMARTS) is 1. The molecule has 4 nitrogen and oxygen atoms in total. The molecule has 1 rings (SSSR count). The van der Waals surface area contributed by atoms with Gasteiger partial charge in [-0.1, -0.05) is 17.7 Å². The van der Waals surface area contributed by atoms with Gasteiger partial charge >= 0.3 is 5.97 Å². The van der Waals surface area contributed by atoms with Crippen molar-refractivity contribution in [3.05, 3.63) is 35.1 Å². The molecule has 1 aromatic rings. The molecule has 0 radical (unpaired) electrons. The summed E-state index contributed by atoms with van der Waals surface area (Å²) < 4.78 is 13.5. The van der Waals surface area contributed by atoms with Crippen LogP contribution in [0.25, 0.3) is 0 Å². The number of amides is 1. The predicted octanol–water partition coefficient (Wildman–Crippen LogP) is 1.96. The van der Waals surface area contributed by atoms with E-state index in [1.54, 1.807) is 12.1 Å². The molecule has 0 aliphatic rings. The van der Waals surface area contributed by atoms with Crippen LogP contribution in [0.2, 0.25) is 0 Å². The van der Waals surface area contributed by atoms with Gasteiger partial charge < -0.3 is 10.0 Å². The molecular weight excluding hydrogens is 237 g/mol. The van der Waals surface area contributed by atoms with E-state index in [-0.39, 0.29) is 31.1 Å². The van der Waals surface area contributed by atoms with Gasteiger partial charge in [0.05, 0.1) is 6.42 Å². The van der Waals surface area contributed by atoms with Gasteiger partial charge in [0, 0.05) is 25.6 Å². The van der Waals surface area contributed by atoms with Crippen LogP contribution >= 0.6 is 0 Å². The molecule has 0 saturated carbocycles. The van der Waals surface area contributed by atoms with E-state index in [4.69, 9.17) is 5.11 Å². The monoisotopic (exact) mass is 253 g/mol. The number of carbonyl (C=O) groups excluding carboxylic acids is 1. The summed E-state index contributed by atoms with van der Waals surface area (Å²) in [6.45, 7) is 1.99. The minimum Gasteiger partial charge on any atom is -0.481 e. The Balaban J connectivity index is 2.63. The Morgan fingerprint density at radius 2 is 2.00 bits per heavy atom. The predicted molar refractivity (Wildman–Crippen MR) is 64.5 cm³/mol. The molecule has 0 aliphatic heterocycles. The number of rotatable bonds is 5. The highest BCUT2D eigenvalue weighted by Gasteiger charge is 2.13. The van der Waals surface area contributed by atoms with Gasteiger partial charge in [-0.15, -0.1) is 0 Å². The van der Waals surface area contributed by atoms with Crippen LogP contribution in [0.1, 0.15) is 24.0 Å². The number of benzene rings is 1. The molecule has 1 amide bonds. The zero-order valence-corrected chi connectivity index (χ0v) is 10.4. The largest absolute Gasteiger partial charge is 0.481 e. The highest BCUT2D eigenvalue weighted by molar-refractivity contribution is 5.80. The van der Waals surface area contributed by atoms with E-state index in [2.05, 4.69) is 0 Å². The van der Waals surface area contributed by atoms with Crippen molar-refractivity contribution in [2.75, 3.05) is 7.05 Å². The normalized spacial score (nSPS) is 10.2. The first kappa shape index (κ1) is 14.2. The van der Waals surface area contributed by atoms with Gasteiger partial charge in [-0.2, -0.15) is 0 Å². The first-order valence-electron chi connectivity index (χ1n) is 5.61. The Morgan fingerprint density at radius 1 is 1.33 bits per heavy atom. The molecule has 98 valence electrons. The van der Waals surface area contributed by atoms with Gasteiger partial charge in [-0.3, -0.25) is 9.59 Å². The molecule has 18 heavy (non-hydrogen) atoms. The second-order valence-electron chi connectivity index (χ2n) is 4.24. The van der Waals surface area contributed by atoms with Crippen LogP contribution in [0.3, 0.4) is 0 Å². The molecule has 0 unspecified atom stereocenters. The topological polar surface area (TPSA) is 57.6 Å². The summed E-state index contributed by atoms with van der Waals surface area (Å²) in [5, 5.41) is 8.48. The minimum absolute atomic E-state index is 0.0702. The summed E-state index contributed by atoms with van der Waals surface area (Å²) in [6, 6.07) is 4.70. The smallest absolute Gasteiger partial charge is 0.303 e. The lowest BCUT2D eigenvalue weighted by atomic mass is 10.1. The number of carboxylic acids is 1. The molecule has 0 bridgehead atoms. The summed E-state index contributed by atoms with van der Waals surface area (Å²) in [7, 11) is 1.53. The summed E-state index contributed by atoms with van der Waals surface area (Å²) >= 11 is 0. The third-order valence-electron chi connectivity index (χ3n) is 2.59. The van der Waals surface area contributed by atoms with Crippen molar-refractivity contribution in [2.45, 2.75) is 26.3 Å². The van der Waals surface area contributed by atoms with E-state index in [1.807, 2.05) is 6.92 Å². The molecule has 0 fully saturated rings. The van der Waals surface area contributed by atoms with Gasteiger partial charge in [0.1, 0.15) is 5.82 Å². The van der Waals surface area contributed by atoms with Crippen molar-refractivity contribution >= 4 is 11.9 Å². The Labute approximate surface area is 105 Å². The van der Waals surface area contributed by atoms with E-state index in [1.165, 1.54) is 18.0 Å². The van der Waals surface area contributed by atoms with Crippen molar-refractivity contribution in [2.24, 2.45) is 0 Å². The van der Waals surface area contributed by atoms with Crippen LogP contribution in [0, 0.1) is 12.7 Å². The number of hydrogen-bond donors (Lipinski definition) is 1. The van der Waals surface area contributed by atoms with Crippen LogP contribution in [0.5, 0.6) is 0 Å². The lowest BCUT2D eigenvalue weighted by Crippen LogP contribution is -2.27. The Hall–Kier alpha value is -1.91. The van der Waals surface area contributed by atoms with Crippen LogP contribution in [0.4, 0.5) is 4.39 Å². The van der Waals surface area contributed by atoms with E-state index in [0.717, 1.165) is 5.56 Å². The van der Waals surface area contributed by atoms with E-state index in [0.29, 0.717) is 5.56 Å². The van der Waals surface area contributed by atoms with E-state index >= 15 is 0 Å². The van der Waals surface area contributed by atoms with E-state index in [9.17, 15) is 14.0 Å². The van der Waals surface area contributed by atoms with E-state index < -0.39 is 5.97 Å². The minimum atomic E-state index is -1.02. The molecule has 0 spiro atoms. The molecule has 0 aromatic heterocycles. The highest BCUT2D eigenvalue weighted by Crippen LogP contribution is 2.12. The standard InChI is InChI=1S/C13H16FNO3/c1-9-3-4-11(14)10(7-9)8-15(2)12(16)5-6-13(17)18/h3-4,7H,5-6,8H2,1-2H3,(H,17,18). The van der Waals surface area contributed by atoms with Crippen LogP contribution in [0.15, 0.2) is 18.2 Å². The molecule has 0 heterocycles. The number of nitrogens with zero attached hydrogens (tertiary/aromatic N) is 1. The van der Waals surface area contributed by atoms with Gasteiger partial charge in [-0.05, 0) is 13.0 Å². The molecule has 1 N–H and O–H groups in total. The first-order valence-corrected chi connectivity index (χ1v) is 5.61. The molecule has 0 saturated heterocycles. The van der Waals surface area contributed by atoms with Crippen molar-refractivity contribution in [1.82, 2.24) is 4.90 Å². The third-order valence-corrected chi connectivity index (χ3v) is 2.59. The highest BCUT2D eigenvalue weighted by atomic mass is 19.1. The molecule has 1 aromatic carbocycles. The number of aryl methyl sites for hydroxylation is 1. The summed E-state index contributed by atoms with van der Waals surface area (Å²) in [6.07, 6.45) is -0.279. The Morgan fingerprint density at radius 3 is 2.61 bits per heavy atom. The van der Waals surface area contributed by atoms with Crippen molar-refractivity contribution in [1.29, 1.82) is 0 Å². The molecule has 0 atom stereocenters. The Kier molecular flexibility index (Phi) is 4.83. The summed E-state index contributed by atoms with van der Waals surface area (Å²) in [5.41, 5.74) is 1.35. The molecule has 0 aliphatic carbocycles. The maximum absolute atomic E-state index is 13.5. The van der Waals surface area contributed by atoms with Crippen molar-refractivity contribution < 1.29 is 19.1 Å². The molecule has 5 heteroatoms. The average molecular weight is 253 g/mol. The zero-order valence-electron chi connectivity index (χ0n) is 10.4. The van der Waals surface area contributed by atoms with Gasteiger partial charge in [0.2, 0.25) is 5.91 Å². The molecular formula is C13H16FNO3. The number of aliphatic carboxylic acids is 1. The third kappa shape index (κ3) is 4.16. The fourth-order valence-electron chi connectivity index (χ4n) is 1.57. The maximum Gasteiger partial charge on any atom is 0.303 e. The second-order valence-corrected chi connectivity index (χ2v) is 4.24. The fourth-order valence-corrected chi connectivity index (χ4v) is 1.57. The van der Waals surface area contributed by atoms with Crippen molar-refractivity contribution in [3.63, 3.8) is 0 Å². The number of carbonyl (C=O) groups is 2. The van der Waals surface area contributed by atoms with Crippen LogP contribution < -0.4 is 0 Å². The summed E-state index contributed by atoms with van der Waals surface area (Å²) in [4.78, 5) is 23.3. The lowest BCUT2D eigenvalue weighted by Gasteiger charge is -2.17. The zero-order chi connectivity index (χ0) is 13.7. The second kappa shape index (κ2) is 6.14. The van der Waals surface area contributed by atoms with Crippen molar-refractivity contribution in [3.8, 4) is 0 Å². The number of hydrogen-bond acceptors (Lipinski definition) is 2. The van der Waals surface area contributed by atoms with Crippen LogP contribution in [-0.4, -0.2) is 28.9 Å². The fraction of sp³-hybridized carbons (Fsp3) is 0.385. The quantitative estimate of drug-likeness (QED) is 0.872. The first-order chi connectivity index (χ1) is 8.40. The SMILES string of the molecule is Cc1ccc(F)c(CN(C)C(=O)CCC(=O)O)c1. The van der Waals surface area contributed by atoms with Gasteiger partial charge in [-0.25, -0.2) is 4.39 Å². The summed E-state index contributed by atoms with van der Waals surface area (Å²) in [5.74, 6) is -1.68. The van der Waals surface area contributed by atoms with Gasteiger partial charge in [0.15, 0.2) is 0 Å². The van der Waals surface area contributed by atoms with Crippen LogP contribution in [-0.2, 0) is 16.1 Å². The van der Waals surface area contributed by atoms with Gasteiger partial charge in [0.25, 0.3) is 0 Å². The Bertz CT molecular complexity index is 460.